The van der Waals surface area contributed by atoms with E-state index >= 15 is 0 Å². The average molecular weight is 229 g/mol. The van der Waals surface area contributed by atoms with Crippen LogP contribution in [0.15, 0.2) is 0 Å². The normalized spacial score (nSPS) is 11.9. The van der Waals surface area contributed by atoms with Crippen molar-refractivity contribution in [1.29, 1.82) is 0 Å². The van der Waals surface area contributed by atoms with Gasteiger partial charge in [0, 0.05) is 32.0 Å². The van der Waals surface area contributed by atoms with E-state index in [9.17, 15) is 9.59 Å². The first-order chi connectivity index (χ1) is 7.60. The fraction of sp³-hybridized carbons (Fsp3) is 0.818. The molecule has 1 atom stereocenters. The molecule has 0 radical (unpaired) electrons. The SMILES string of the molecule is CCCNC(=O)CCNC(=O)CC(N)CC. The van der Waals surface area contributed by atoms with Crippen molar-refractivity contribution in [1.82, 2.24) is 10.6 Å². The molecule has 0 rings (SSSR count). The summed E-state index contributed by atoms with van der Waals surface area (Å²) in [6.07, 6.45) is 2.36. The lowest BCUT2D eigenvalue weighted by Gasteiger charge is -2.09. The molecule has 94 valence electrons. The second kappa shape index (κ2) is 9.15. The molecule has 0 aromatic rings. The quantitative estimate of drug-likeness (QED) is 0.554. The van der Waals surface area contributed by atoms with Gasteiger partial charge in [0.15, 0.2) is 0 Å². The molecule has 0 aliphatic heterocycles. The minimum atomic E-state index is -0.0890. The van der Waals surface area contributed by atoms with Crippen LogP contribution in [-0.2, 0) is 9.59 Å². The summed E-state index contributed by atoms with van der Waals surface area (Å²) < 4.78 is 0. The van der Waals surface area contributed by atoms with Crippen molar-refractivity contribution in [2.24, 2.45) is 5.73 Å². The third-order valence-electron chi connectivity index (χ3n) is 2.22. The molecule has 0 aliphatic carbocycles. The summed E-state index contributed by atoms with van der Waals surface area (Å²) in [6.45, 7) is 5.00. The van der Waals surface area contributed by atoms with Gasteiger partial charge in [-0.15, -0.1) is 0 Å². The molecule has 16 heavy (non-hydrogen) atoms. The Morgan fingerprint density at radius 3 is 2.31 bits per heavy atom. The highest BCUT2D eigenvalue weighted by Gasteiger charge is 2.07. The van der Waals surface area contributed by atoms with Crippen molar-refractivity contribution in [2.45, 2.75) is 45.6 Å². The van der Waals surface area contributed by atoms with Crippen LogP contribution in [-0.4, -0.2) is 30.9 Å². The van der Waals surface area contributed by atoms with E-state index in [4.69, 9.17) is 5.73 Å². The molecular weight excluding hydrogens is 206 g/mol. The van der Waals surface area contributed by atoms with Gasteiger partial charge in [-0.2, -0.15) is 0 Å². The maximum absolute atomic E-state index is 11.3. The highest BCUT2D eigenvalue weighted by molar-refractivity contribution is 5.79. The van der Waals surface area contributed by atoms with Gasteiger partial charge >= 0.3 is 0 Å². The Kier molecular flexibility index (Phi) is 8.52. The Morgan fingerprint density at radius 1 is 1.12 bits per heavy atom. The predicted molar refractivity (Wildman–Crippen MR) is 63.8 cm³/mol. The third-order valence-corrected chi connectivity index (χ3v) is 2.22. The molecule has 0 aromatic heterocycles. The lowest BCUT2D eigenvalue weighted by Crippen LogP contribution is -2.34. The summed E-state index contributed by atoms with van der Waals surface area (Å²) in [5, 5.41) is 5.42. The number of hydrogen-bond acceptors (Lipinski definition) is 3. The fourth-order valence-corrected chi connectivity index (χ4v) is 1.12. The van der Waals surface area contributed by atoms with E-state index < -0.39 is 0 Å². The molecule has 0 saturated heterocycles. The van der Waals surface area contributed by atoms with Gasteiger partial charge in [-0.05, 0) is 12.8 Å². The summed E-state index contributed by atoms with van der Waals surface area (Å²) in [5.74, 6) is -0.111. The molecule has 0 heterocycles. The minimum absolute atomic E-state index is 0.0260. The standard InChI is InChI=1S/C11H23N3O2/c1-3-6-13-10(15)5-7-14-11(16)8-9(12)4-2/h9H,3-8,12H2,1-2H3,(H,13,15)(H,14,16). The minimum Gasteiger partial charge on any atom is -0.356 e. The van der Waals surface area contributed by atoms with Crippen LogP contribution in [0.4, 0.5) is 0 Å². The van der Waals surface area contributed by atoms with E-state index in [-0.39, 0.29) is 17.9 Å². The summed E-state index contributed by atoms with van der Waals surface area (Å²) in [7, 11) is 0. The molecule has 0 spiro atoms. The van der Waals surface area contributed by atoms with Crippen LogP contribution in [0, 0.1) is 0 Å². The Labute approximate surface area is 97.2 Å². The van der Waals surface area contributed by atoms with Crippen molar-refractivity contribution in [3.8, 4) is 0 Å². The molecule has 5 heteroatoms. The number of carbonyl (C=O) groups is 2. The topological polar surface area (TPSA) is 84.2 Å². The average Bonchev–Trinajstić information content (AvgIpc) is 2.26. The van der Waals surface area contributed by atoms with Crippen molar-refractivity contribution in [3.63, 3.8) is 0 Å². The molecule has 0 aromatic carbocycles. The number of amides is 2. The van der Waals surface area contributed by atoms with E-state index in [2.05, 4.69) is 10.6 Å². The van der Waals surface area contributed by atoms with Gasteiger partial charge in [-0.25, -0.2) is 0 Å². The molecule has 5 nitrogen and oxygen atoms in total. The zero-order valence-corrected chi connectivity index (χ0v) is 10.2. The lowest BCUT2D eigenvalue weighted by atomic mass is 10.1. The summed E-state index contributed by atoms with van der Waals surface area (Å²) in [6, 6.07) is -0.0890. The first-order valence-corrected chi connectivity index (χ1v) is 5.89. The molecule has 0 saturated carbocycles. The van der Waals surface area contributed by atoms with Crippen LogP contribution in [0.3, 0.4) is 0 Å². The zero-order valence-electron chi connectivity index (χ0n) is 10.2. The molecule has 4 N–H and O–H groups in total. The Morgan fingerprint density at radius 2 is 1.75 bits per heavy atom. The maximum Gasteiger partial charge on any atom is 0.221 e. The molecule has 0 fully saturated rings. The second-order valence-electron chi connectivity index (χ2n) is 3.82. The molecule has 1 unspecified atom stereocenters. The van der Waals surface area contributed by atoms with Gasteiger partial charge in [0.05, 0.1) is 0 Å². The van der Waals surface area contributed by atoms with Crippen molar-refractivity contribution in [3.05, 3.63) is 0 Å². The summed E-state index contributed by atoms with van der Waals surface area (Å²) in [4.78, 5) is 22.5. The van der Waals surface area contributed by atoms with E-state index in [1.807, 2.05) is 13.8 Å². The fourth-order valence-electron chi connectivity index (χ4n) is 1.12. The molecule has 0 bridgehead atoms. The van der Waals surface area contributed by atoms with Crippen molar-refractivity contribution in [2.75, 3.05) is 13.1 Å². The second-order valence-corrected chi connectivity index (χ2v) is 3.82. The van der Waals surface area contributed by atoms with Gasteiger partial charge in [0.1, 0.15) is 0 Å². The monoisotopic (exact) mass is 229 g/mol. The van der Waals surface area contributed by atoms with Gasteiger partial charge in [-0.1, -0.05) is 13.8 Å². The summed E-state index contributed by atoms with van der Waals surface area (Å²) >= 11 is 0. The first kappa shape index (κ1) is 14.9. The summed E-state index contributed by atoms with van der Waals surface area (Å²) in [5.41, 5.74) is 5.63. The van der Waals surface area contributed by atoms with E-state index in [0.717, 1.165) is 12.8 Å². The van der Waals surface area contributed by atoms with Gasteiger partial charge in [-0.3, -0.25) is 9.59 Å². The smallest absolute Gasteiger partial charge is 0.221 e. The highest BCUT2D eigenvalue weighted by atomic mass is 16.2. The van der Waals surface area contributed by atoms with Crippen LogP contribution in [0.25, 0.3) is 0 Å². The highest BCUT2D eigenvalue weighted by Crippen LogP contribution is 1.92. The number of hydrogen-bond donors (Lipinski definition) is 3. The predicted octanol–water partition coefficient (Wildman–Crippen LogP) is 0.146. The zero-order chi connectivity index (χ0) is 12.4. The number of nitrogens with two attached hydrogens (primary N) is 1. The van der Waals surface area contributed by atoms with E-state index in [1.165, 1.54) is 0 Å². The van der Waals surface area contributed by atoms with Crippen LogP contribution < -0.4 is 16.4 Å². The third kappa shape index (κ3) is 8.23. The van der Waals surface area contributed by atoms with Crippen LogP contribution >= 0.6 is 0 Å². The number of rotatable bonds is 8. The first-order valence-electron chi connectivity index (χ1n) is 5.89. The van der Waals surface area contributed by atoms with Crippen LogP contribution in [0.5, 0.6) is 0 Å². The van der Waals surface area contributed by atoms with Crippen molar-refractivity contribution >= 4 is 11.8 Å². The van der Waals surface area contributed by atoms with Gasteiger partial charge in [0.2, 0.25) is 11.8 Å². The van der Waals surface area contributed by atoms with Crippen molar-refractivity contribution < 1.29 is 9.59 Å². The van der Waals surface area contributed by atoms with E-state index in [0.29, 0.717) is 25.9 Å². The lowest BCUT2D eigenvalue weighted by molar-refractivity contribution is -0.122. The molecule has 2 amide bonds. The maximum atomic E-state index is 11.3. The van der Waals surface area contributed by atoms with E-state index in [1.54, 1.807) is 0 Å². The Balaban J connectivity index is 3.50. The Bertz CT molecular complexity index is 219. The Hall–Kier alpha value is -1.10. The largest absolute Gasteiger partial charge is 0.356 e. The number of nitrogens with one attached hydrogen (secondary N) is 2. The van der Waals surface area contributed by atoms with Gasteiger partial charge < -0.3 is 16.4 Å². The molecule has 0 aliphatic rings. The number of carbonyl (C=O) groups excluding carboxylic acids is 2. The van der Waals surface area contributed by atoms with Crippen LogP contribution in [0.1, 0.15) is 39.5 Å². The molecular formula is C11H23N3O2. The van der Waals surface area contributed by atoms with Crippen LogP contribution in [0.2, 0.25) is 0 Å². The van der Waals surface area contributed by atoms with Gasteiger partial charge in [0.25, 0.3) is 0 Å².